The first-order valence-corrected chi connectivity index (χ1v) is 14.7. The van der Waals surface area contributed by atoms with Crippen LogP contribution in [0.15, 0.2) is 12.4 Å². The SMILES string of the molecule is CC(=O)N1CCN(c2nc3c(N4CCOCC4)nc(-c4cnc(N)nc4)nc3n2CC(F)(F)F)C[C@H]1C.CS(=O)(=O)O. The molecule has 2 fully saturated rings. The van der Waals surface area contributed by atoms with E-state index < -0.39 is 22.8 Å². The summed E-state index contributed by atoms with van der Waals surface area (Å²) in [7, 11) is -3.67. The Hall–Kier alpha value is -3.84. The minimum absolute atomic E-state index is 0.0530. The molecule has 3 aromatic rings. The first-order valence-electron chi connectivity index (χ1n) is 12.8. The van der Waals surface area contributed by atoms with Crippen molar-refractivity contribution < 1.29 is 35.7 Å². The highest BCUT2D eigenvalue weighted by Gasteiger charge is 2.35. The first kappa shape index (κ1) is 31.1. The van der Waals surface area contributed by atoms with Gasteiger partial charge in [0.1, 0.15) is 6.54 Å². The molecule has 0 unspecified atom stereocenters. The number of rotatable bonds is 4. The minimum Gasteiger partial charge on any atom is -0.378 e. The highest BCUT2D eigenvalue weighted by Crippen LogP contribution is 2.34. The van der Waals surface area contributed by atoms with Crippen molar-refractivity contribution in [2.45, 2.75) is 32.6 Å². The lowest BCUT2D eigenvalue weighted by molar-refractivity contribution is -0.139. The summed E-state index contributed by atoms with van der Waals surface area (Å²) >= 11 is 0. The monoisotopic (exact) mass is 616 g/mol. The molecule has 2 saturated heterocycles. The van der Waals surface area contributed by atoms with Crippen molar-refractivity contribution in [3.05, 3.63) is 12.4 Å². The highest BCUT2D eigenvalue weighted by atomic mass is 32.2. The predicted octanol–water partition coefficient (Wildman–Crippen LogP) is 0.825. The van der Waals surface area contributed by atoms with Gasteiger partial charge >= 0.3 is 6.18 Å². The van der Waals surface area contributed by atoms with Gasteiger partial charge in [0.15, 0.2) is 22.8 Å². The molecule has 0 aromatic carbocycles. The summed E-state index contributed by atoms with van der Waals surface area (Å²) in [5.41, 5.74) is 6.34. The molecule has 0 spiro atoms. The first-order chi connectivity index (χ1) is 19.6. The molecule has 3 aromatic heterocycles. The Morgan fingerprint density at radius 1 is 1.10 bits per heavy atom. The minimum atomic E-state index is -4.52. The van der Waals surface area contributed by atoms with Gasteiger partial charge in [-0.3, -0.25) is 13.9 Å². The van der Waals surface area contributed by atoms with Crippen molar-refractivity contribution in [1.82, 2.24) is 34.4 Å². The van der Waals surface area contributed by atoms with Gasteiger partial charge in [0.05, 0.1) is 25.0 Å². The fraction of sp³-hybridized carbons (Fsp3) is 0.565. The van der Waals surface area contributed by atoms with Crippen molar-refractivity contribution in [2.75, 3.05) is 67.7 Å². The van der Waals surface area contributed by atoms with Crippen molar-refractivity contribution in [1.29, 1.82) is 0 Å². The van der Waals surface area contributed by atoms with Crippen molar-refractivity contribution in [3.8, 4) is 11.4 Å². The number of nitrogen functional groups attached to an aromatic ring is 1. The Morgan fingerprint density at radius 3 is 2.26 bits per heavy atom. The quantitative estimate of drug-likeness (QED) is 0.393. The van der Waals surface area contributed by atoms with Crippen LogP contribution in [0.5, 0.6) is 0 Å². The third-order valence-electron chi connectivity index (χ3n) is 6.45. The van der Waals surface area contributed by atoms with E-state index >= 15 is 0 Å². The lowest BCUT2D eigenvalue weighted by Gasteiger charge is -2.40. The molecule has 1 amide bonds. The van der Waals surface area contributed by atoms with Crippen LogP contribution in [0.2, 0.25) is 0 Å². The molecule has 42 heavy (non-hydrogen) atoms. The van der Waals surface area contributed by atoms with E-state index in [-0.39, 0.29) is 40.8 Å². The molecule has 3 N–H and O–H groups in total. The number of carbonyl (C=O) groups is 1. The zero-order valence-corrected chi connectivity index (χ0v) is 23.9. The number of carbonyl (C=O) groups excluding carboxylic acids is 1. The van der Waals surface area contributed by atoms with E-state index in [1.165, 1.54) is 19.3 Å². The summed E-state index contributed by atoms with van der Waals surface area (Å²) < 4.78 is 73.9. The zero-order valence-electron chi connectivity index (χ0n) is 23.1. The zero-order chi connectivity index (χ0) is 30.8. The average molecular weight is 617 g/mol. The van der Waals surface area contributed by atoms with E-state index in [0.717, 1.165) is 4.57 Å². The Morgan fingerprint density at radius 2 is 1.71 bits per heavy atom. The van der Waals surface area contributed by atoms with E-state index in [1.807, 2.05) is 11.8 Å². The van der Waals surface area contributed by atoms with Crippen LogP contribution in [0.1, 0.15) is 13.8 Å². The number of anilines is 3. The highest BCUT2D eigenvalue weighted by molar-refractivity contribution is 7.85. The maximum Gasteiger partial charge on any atom is 0.406 e. The number of fused-ring (bicyclic) bond motifs is 1. The number of hydrogen-bond donors (Lipinski definition) is 2. The van der Waals surface area contributed by atoms with E-state index in [2.05, 4.69) is 24.9 Å². The normalized spacial score (nSPS) is 18.2. The number of alkyl halides is 3. The van der Waals surface area contributed by atoms with Crippen molar-refractivity contribution in [3.63, 3.8) is 0 Å². The van der Waals surface area contributed by atoms with Crippen LogP contribution in [-0.4, -0.2) is 118 Å². The average Bonchev–Trinajstić information content (AvgIpc) is 3.24. The number of nitrogens with two attached hydrogens (primary N) is 1. The summed E-state index contributed by atoms with van der Waals surface area (Å²) in [5, 5.41) is 0. The van der Waals surface area contributed by atoms with Crippen LogP contribution in [0.3, 0.4) is 0 Å². The number of imidazole rings is 1. The number of ether oxygens (including phenoxy) is 1. The van der Waals surface area contributed by atoms with Gasteiger partial charge in [0.2, 0.25) is 17.8 Å². The van der Waals surface area contributed by atoms with Gasteiger partial charge in [0, 0.05) is 58.1 Å². The van der Waals surface area contributed by atoms with Gasteiger partial charge in [-0.1, -0.05) is 0 Å². The van der Waals surface area contributed by atoms with Crippen LogP contribution in [0, 0.1) is 0 Å². The molecule has 0 bridgehead atoms. The smallest absolute Gasteiger partial charge is 0.378 e. The molecule has 0 radical (unpaired) electrons. The second-order valence-electron chi connectivity index (χ2n) is 9.83. The summed E-state index contributed by atoms with van der Waals surface area (Å²) in [6.07, 6.45) is -0.946. The third-order valence-corrected chi connectivity index (χ3v) is 6.45. The molecule has 2 aliphatic rings. The molecular weight excluding hydrogens is 585 g/mol. The number of hydrogen-bond acceptors (Lipinski definition) is 12. The molecule has 15 nitrogen and oxygen atoms in total. The summed E-state index contributed by atoms with van der Waals surface area (Å²) in [6, 6.07) is -0.197. The lowest BCUT2D eigenvalue weighted by Crippen LogP contribution is -2.54. The maximum atomic E-state index is 13.8. The van der Waals surface area contributed by atoms with Gasteiger partial charge in [-0.15, -0.1) is 0 Å². The fourth-order valence-electron chi connectivity index (χ4n) is 4.73. The van der Waals surface area contributed by atoms with Gasteiger partial charge in [-0.25, -0.2) is 24.9 Å². The van der Waals surface area contributed by atoms with Crippen LogP contribution in [0.25, 0.3) is 22.6 Å². The van der Waals surface area contributed by atoms with Crippen LogP contribution in [0.4, 0.5) is 30.9 Å². The Kier molecular flexibility index (Phi) is 9.02. The molecule has 230 valence electrons. The second kappa shape index (κ2) is 12.2. The molecule has 5 heterocycles. The predicted molar refractivity (Wildman–Crippen MR) is 146 cm³/mol. The molecule has 0 saturated carbocycles. The van der Waals surface area contributed by atoms with Gasteiger partial charge in [-0.05, 0) is 6.92 Å². The van der Waals surface area contributed by atoms with Crippen LogP contribution >= 0.6 is 0 Å². The van der Waals surface area contributed by atoms with Crippen molar-refractivity contribution in [2.24, 2.45) is 0 Å². The number of piperazine rings is 1. The number of aromatic nitrogens is 6. The summed E-state index contributed by atoms with van der Waals surface area (Å²) in [5.74, 6) is 0.696. The number of morpholine rings is 1. The van der Waals surface area contributed by atoms with E-state index in [4.69, 9.17) is 15.0 Å². The molecule has 0 aliphatic carbocycles. The lowest BCUT2D eigenvalue weighted by atomic mass is 10.2. The number of amides is 1. The molecule has 2 aliphatic heterocycles. The van der Waals surface area contributed by atoms with Gasteiger partial charge in [-0.2, -0.15) is 21.6 Å². The van der Waals surface area contributed by atoms with Crippen molar-refractivity contribution >= 4 is 44.9 Å². The van der Waals surface area contributed by atoms with Crippen LogP contribution < -0.4 is 15.5 Å². The standard InChI is InChI=1S/C22H27F3N10O2.CH4O3S/c1-13-11-33(3-4-34(13)14(2)36)21-29-16-18(32-5-7-37-8-6-32)30-17(15-9-27-20(26)28-10-15)31-19(16)35(21)12-22(23,24)25;1-5(2,3)4/h9-10,13H,3-8,11-12H2,1-2H3,(H2,26,27,28);1H3,(H,2,3,4)/t13-;/m1./s1. The van der Waals surface area contributed by atoms with E-state index in [1.54, 1.807) is 9.80 Å². The molecule has 19 heteroatoms. The number of nitrogens with zero attached hydrogens (tertiary/aromatic N) is 9. The fourth-order valence-corrected chi connectivity index (χ4v) is 4.73. The topological polar surface area (TPSA) is 186 Å². The molecule has 1 atom stereocenters. The maximum absolute atomic E-state index is 13.8. The van der Waals surface area contributed by atoms with Crippen LogP contribution in [-0.2, 0) is 26.2 Å². The summed E-state index contributed by atoms with van der Waals surface area (Å²) in [6.45, 7) is 5.02. The Labute approximate surface area is 239 Å². The number of halogens is 3. The third kappa shape index (κ3) is 7.71. The molecular formula is C23H31F3N10O5S. The molecule has 5 rings (SSSR count). The van der Waals surface area contributed by atoms with Gasteiger partial charge < -0.3 is 25.2 Å². The van der Waals surface area contributed by atoms with E-state index in [0.29, 0.717) is 63.6 Å². The summed E-state index contributed by atoms with van der Waals surface area (Å²) in [4.78, 5) is 39.2. The Balaban J connectivity index is 0.000000748. The largest absolute Gasteiger partial charge is 0.406 e. The van der Waals surface area contributed by atoms with E-state index in [9.17, 15) is 26.4 Å². The Bertz CT molecular complexity index is 1520. The second-order valence-corrected chi connectivity index (χ2v) is 11.3. The van der Waals surface area contributed by atoms with Gasteiger partial charge in [0.25, 0.3) is 10.1 Å².